The Morgan fingerprint density at radius 3 is 2.85 bits per heavy atom. The molecule has 0 aliphatic carbocycles. The summed E-state index contributed by atoms with van der Waals surface area (Å²) in [6, 6.07) is 11.9. The van der Waals surface area contributed by atoms with E-state index in [1.54, 1.807) is 31.5 Å². The van der Waals surface area contributed by atoms with Gasteiger partial charge < -0.3 is 10.2 Å². The van der Waals surface area contributed by atoms with Crippen LogP contribution in [0.3, 0.4) is 0 Å². The van der Waals surface area contributed by atoms with Crippen molar-refractivity contribution in [3.63, 3.8) is 0 Å². The largest absolute Gasteiger partial charge is 0.489 e. The highest BCUT2D eigenvalue weighted by molar-refractivity contribution is 6.31. The number of ether oxygens (including phenoxy) is 1. The maximum absolute atomic E-state index is 13.6. The van der Waals surface area contributed by atoms with E-state index in [1.165, 1.54) is 6.07 Å². The summed E-state index contributed by atoms with van der Waals surface area (Å²) in [6.45, 7) is 0.0815. The van der Waals surface area contributed by atoms with Gasteiger partial charge in [0.25, 0.3) is 0 Å². The molecule has 0 fully saturated rings. The molecule has 2 rings (SSSR count). The second-order valence-corrected chi connectivity index (χ2v) is 4.45. The minimum atomic E-state index is -0.370. The summed E-state index contributed by atoms with van der Waals surface area (Å²) in [4.78, 5) is 0. The monoisotopic (exact) mass is 292 g/mol. The van der Waals surface area contributed by atoms with E-state index in [0.29, 0.717) is 16.3 Å². The van der Waals surface area contributed by atoms with E-state index in [9.17, 15) is 4.39 Å². The van der Waals surface area contributed by atoms with E-state index in [-0.39, 0.29) is 12.4 Å². The molecule has 0 amide bonds. The molecule has 1 N–H and O–H groups in total. The van der Waals surface area contributed by atoms with Crippen molar-refractivity contribution in [2.75, 3.05) is 7.05 Å². The molecule has 2 aromatic rings. The third-order valence-electron chi connectivity index (χ3n) is 2.65. The summed E-state index contributed by atoms with van der Waals surface area (Å²) in [5.41, 5.74) is 3.91. The Labute approximate surface area is 122 Å². The van der Waals surface area contributed by atoms with Gasteiger partial charge in [-0.1, -0.05) is 29.8 Å². The standard InChI is InChI=1S/C15H14ClFN2O/c1-18-19-9-11-4-2-5-12(8-11)20-10-13-14(16)6-3-7-15(13)17/h2-9,18H,10H2,1H3/b19-9+. The van der Waals surface area contributed by atoms with E-state index in [4.69, 9.17) is 16.3 Å². The molecule has 0 saturated carbocycles. The first-order valence-electron chi connectivity index (χ1n) is 6.06. The third kappa shape index (κ3) is 3.71. The summed E-state index contributed by atoms with van der Waals surface area (Å²) in [7, 11) is 1.72. The zero-order valence-corrected chi connectivity index (χ0v) is 11.7. The lowest BCUT2D eigenvalue weighted by molar-refractivity contribution is 0.300. The van der Waals surface area contributed by atoms with Crippen LogP contribution in [-0.2, 0) is 6.61 Å². The van der Waals surface area contributed by atoms with Crippen LogP contribution in [0.1, 0.15) is 11.1 Å². The van der Waals surface area contributed by atoms with E-state index >= 15 is 0 Å². The second kappa shape index (κ2) is 6.91. The van der Waals surface area contributed by atoms with Gasteiger partial charge in [-0.3, -0.25) is 0 Å². The minimum absolute atomic E-state index is 0.0815. The Hall–Kier alpha value is -2.07. The normalized spacial score (nSPS) is 10.8. The Morgan fingerprint density at radius 1 is 1.30 bits per heavy atom. The van der Waals surface area contributed by atoms with E-state index in [1.807, 2.05) is 18.2 Å². The van der Waals surface area contributed by atoms with Gasteiger partial charge in [-0.15, -0.1) is 0 Å². The van der Waals surface area contributed by atoms with Crippen LogP contribution in [0.5, 0.6) is 5.75 Å². The first-order valence-corrected chi connectivity index (χ1v) is 6.44. The molecule has 2 aromatic carbocycles. The van der Waals surface area contributed by atoms with E-state index in [0.717, 1.165) is 5.56 Å². The van der Waals surface area contributed by atoms with Gasteiger partial charge >= 0.3 is 0 Å². The molecule has 0 bridgehead atoms. The zero-order chi connectivity index (χ0) is 14.4. The minimum Gasteiger partial charge on any atom is -0.489 e. The lowest BCUT2D eigenvalue weighted by Gasteiger charge is -2.09. The number of rotatable bonds is 5. The molecule has 0 aromatic heterocycles. The van der Waals surface area contributed by atoms with Crippen LogP contribution in [0.15, 0.2) is 47.6 Å². The van der Waals surface area contributed by atoms with Gasteiger partial charge in [-0.05, 0) is 29.8 Å². The van der Waals surface area contributed by atoms with Crippen LogP contribution in [0.25, 0.3) is 0 Å². The van der Waals surface area contributed by atoms with Crippen molar-refractivity contribution in [3.8, 4) is 5.75 Å². The smallest absolute Gasteiger partial charge is 0.131 e. The maximum atomic E-state index is 13.6. The van der Waals surface area contributed by atoms with Gasteiger partial charge in [0.2, 0.25) is 0 Å². The number of nitrogens with zero attached hydrogens (tertiary/aromatic N) is 1. The fraction of sp³-hybridized carbons (Fsp3) is 0.133. The number of hydrazone groups is 1. The number of nitrogens with one attached hydrogen (secondary N) is 1. The molecule has 0 unspecified atom stereocenters. The van der Waals surface area contributed by atoms with Gasteiger partial charge in [0.15, 0.2) is 0 Å². The third-order valence-corrected chi connectivity index (χ3v) is 3.00. The molecule has 3 nitrogen and oxygen atoms in total. The molecule has 0 heterocycles. The number of benzene rings is 2. The Balaban J connectivity index is 2.09. The Kier molecular flexibility index (Phi) is 4.96. The summed E-state index contributed by atoms with van der Waals surface area (Å²) in [5.74, 6) is 0.259. The van der Waals surface area contributed by atoms with Gasteiger partial charge in [-0.25, -0.2) is 4.39 Å². The highest BCUT2D eigenvalue weighted by Gasteiger charge is 2.07. The van der Waals surface area contributed by atoms with E-state index in [2.05, 4.69) is 10.5 Å². The average Bonchev–Trinajstić information content (AvgIpc) is 2.45. The van der Waals surface area contributed by atoms with Gasteiger partial charge in [-0.2, -0.15) is 5.10 Å². The number of hydrogen-bond donors (Lipinski definition) is 1. The molecule has 104 valence electrons. The van der Waals surface area contributed by atoms with Crippen molar-refractivity contribution >= 4 is 17.8 Å². The predicted molar refractivity (Wildman–Crippen MR) is 78.8 cm³/mol. The number of hydrogen-bond acceptors (Lipinski definition) is 3. The average molecular weight is 293 g/mol. The number of halogens is 2. The topological polar surface area (TPSA) is 33.6 Å². The molecule has 0 aliphatic heterocycles. The Bertz CT molecular complexity index is 596. The fourth-order valence-corrected chi connectivity index (χ4v) is 1.87. The van der Waals surface area contributed by atoms with Crippen LogP contribution in [-0.4, -0.2) is 13.3 Å². The molecule has 0 radical (unpaired) electrons. The lowest BCUT2D eigenvalue weighted by atomic mass is 10.2. The van der Waals surface area contributed by atoms with E-state index < -0.39 is 0 Å². The zero-order valence-electron chi connectivity index (χ0n) is 10.9. The van der Waals surface area contributed by atoms with Crippen molar-refractivity contribution in [1.29, 1.82) is 0 Å². The summed E-state index contributed by atoms with van der Waals surface area (Å²) in [5, 5.41) is 4.28. The molecule has 0 spiro atoms. The van der Waals surface area contributed by atoms with Crippen LogP contribution < -0.4 is 10.2 Å². The van der Waals surface area contributed by atoms with Crippen molar-refractivity contribution in [2.45, 2.75) is 6.61 Å². The first kappa shape index (κ1) is 14.3. The van der Waals surface area contributed by atoms with Crippen molar-refractivity contribution in [1.82, 2.24) is 5.43 Å². The van der Waals surface area contributed by atoms with Gasteiger partial charge in [0, 0.05) is 12.6 Å². The van der Waals surface area contributed by atoms with Crippen molar-refractivity contribution < 1.29 is 9.13 Å². The summed E-state index contributed by atoms with van der Waals surface area (Å²) < 4.78 is 19.2. The predicted octanol–water partition coefficient (Wildman–Crippen LogP) is 3.61. The molecular weight excluding hydrogens is 279 g/mol. The van der Waals surface area contributed by atoms with Crippen LogP contribution in [0.2, 0.25) is 5.02 Å². The Morgan fingerprint density at radius 2 is 2.10 bits per heavy atom. The van der Waals surface area contributed by atoms with Crippen molar-refractivity contribution in [2.24, 2.45) is 5.10 Å². The SMILES string of the molecule is CN/N=C/c1cccc(OCc2c(F)cccc2Cl)c1. The van der Waals surface area contributed by atoms with Crippen LogP contribution >= 0.6 is 11.6 Å². The highest BCUT2D eigenvalue weighted by Crippen LogP contribution is 2.21. The molecule has 0 saturated heterocycles. The maximum Gasteiger partial charge on any atom is 0.131 e. The van der Waals surface area contributed by atoms with Crippen LogP contribution in [0.4, 0.5) is 4.39 Å². The highest BCUT2D eigenvalue weighted by atomic mass is 35.5. The fourth-order valence-electron chi connectivity index (χ4n) is 1.65. The van der Waals surface area contributed by atoms with Gasteiger partial charge in [0.1, 0.15) is 18.2 Å². The van der Waals surface area contributed by atoms with Crippen LogP contribution in [0, 0.1) is 5.82 Å². The first-order chi connectivity index (χ1) is 9.70. The summed E-state index contributed by atoms with van der Waals surface area (Å²) in [6.07, 6.45) is 1.67. The quantitative estimate of drug-likeness (QED) is 0.675. The lowest BCUT2D eigenvalue weighted by Crippen LogP contribution is -2.00. The molecule has 20 heavy (non-hydrogen) atoms. The molecular formula is C15H14ClFN2O. The second-order valence-electron chi connectivity index (χ2n) is 4.04. The molecule has 0 atom stereocenters. The van der Waals surface area contributed by atoms with Crippen molar-refractivity contribution in [3.05, 3.63) is 64.4 Å². The molecule has 5 heteroatoms. The molecule has 0 aliphatic rings. The van der Waals surface area contributed by atoms with Gasteiger partial charge in [0.05, 0.1) is 11.2 Å². The summed E-state index contributed by atoms with van der Waals surface area (Å²) >= 11 is 5.95.